The van der Waals surface area contributed by atoms with E-state index in [-0.39, 0.29) is 23.4 Å². The van der Waals surface area contributed by atoms with Crippen LogP contribution in [0.5, 0.6) is 0 Å². The molecule has 0 unspecified atom stereocenters. The largest absolute Gasteiger partial charge is 0.462 e. The molecule has 3 fully saturated rings. The Morgan fingerprint density at radius 2 is 2.40 bits per heavy atom. The summed E-state index contributed by atoms with van der Waals surface area (Å²) in [6.45, 7) is 8.29. The van der Waals surface area contributed by atoms with Gasteiger partial charge in [-0.05, 0) is 43.4 Å². The number of nitrogens with zero attached hydrogens (tertiary/aromatic N) is 1. The Labute approximate surface area is 149 Å². The van der Waals surface area contributed by atoms with Gasteiger partial charge in [0.2, 0.25) is 0 Å². The molecule has 3 aliphatic rings. The van der Waals surface area contributed by atoms with Crippen LogP contribution in [-0.4, -0.2) is 35.1 Å². The van der Waals surface area contributed by atoms with Gasteiger partial charge in [-0.15, -0.1) is 0 Å². The van der Waals surface area contributed by atoms with Crippen LogP contribution in [0.2, 0.25) is 0 Å². The summed E-state index contributed by atoms with van der Waals surface area (Å²) < 4.78 is 5.81. The summed E-state index contributed by atoms with van der Waals surface area (Å²) in [5, 5.41) is 3.45. The number of allylic oxidation sites excluding steroid dienone is 1. The van der Waals surface area contributed by atoms with Gasteiger partial charge < -0.3 is 15.0 Å². The van der Waals surface area contributed by atoms with Gasteiger partial charge in [0.15, 0.2) is 0 Å². The molecule has 25 heavy (non-hydrogen) atoms. The minimum atomic E-state index is -0.00829. The average Bonchev–Trinajstić information content (AvgIpc) is 3.17. The predicted octanol–water partition coefficient (Wildman–Crippen LogP) is 2.86. The fourth-order valence-electron chi connectivity index (χ4n) is 5.39. The van der Waals surface area contributed by atoms with Crippen LogP contribution in [0.1, 0.15) is 44.7 Å². The van der Waals surface area contributed by atoms with Crippen molar-refractivity contribution in [1.29, 1.82) is 0 Å². The van der Waals surface area contributed by atoms with Gasteiger partial charge in [0.25, 0.3) is 0 Å². The first-order valence-electron chi connectivity index (χ1n) is 9.63. The Morgan fingerprint density at radius 3 is 3.20 bits per heavy atom. The third kappa shape index (κ3) is 3.14. The highest BCUT2D eigenvalue weighted by Crippen LogP contribution is 2.56. The Morgan fingerprint density at radius 1 is 1.52 bits per heavy atom. The van der Waals surface area contributed by atoms with E-state index in [2.05, 4.69) is 28.8 Å². The number of aromatic amines is 1. The molecule has 1 aliphatic heterocycles. The zero-order valence-electron chi connectivity index (χ0n) is 15.1. The lowest BCUT2D eigenvalue weighted by atomic mass is 9.55. The van der Waals surface area contributed by atoms with Crippen LogP contribution in [-0.2, 0) is 16.0 Å². The van der Waals surface area contributed by atoms with E-state index in [4.69, 9.17) is 4.74 Å². The van der Waals surface area contributed by atoms with Gasteiger partial charge in [-0.25, -0.2) is 4.98 Å². The Balaban J connectivity index is 1.37. The first kappa shape index (κ1) is 16.8. The first-order valence-corrected chi connectivity index (χ1v) is 9.63. The van der Waals surface area contributed by atoms with Crippen molar-refractivity contribution in [2.75, 3.05) is 13.1 Å². The maximum atomic E-state index is 12.5. The second-order valence-electron chi connectivity index (χ2n) is 8.43. The molecular formula is C20H29N3O2. The zero-order valence-corrected chi connectivity index (χ0v) is 15.1. The number of rotatable bonds is 5. The van der Waals surface area contributed by atoms with Crippen molar-refractivity contribution in [3.8, 4) is 0 Å². The molecule has 1 saturated heterocycles. The van der Waals surface area contributed by atoms with Crippen molar-refractivity contribution in [3.63, 3.8) is 0 Å². The Kier molecular flexibility index (Phi) is 4.44. The number of hydrogen-bond donors (Lipinski definition) is 2. The number of hydrogen-bond acceptors (Lipinski definition) is 4. The fourth-order valence-corrected chi connectivity index (χ4v) is 5.39. The van der Waals surface area contributed by atoms with E-state index in [1.807, 2.05) is 6.20 Å². The molecule has 2 N–H and O–H groups in total. The van der Waals surface area contributed by atoms with Crippen LogP contribution < -0.4 is 5.32 Å². The fraction of sp³-hybridized carbons (Fsp3) is 0.700. The molecule has 2 saturated carbocycles. The van der Waals surface area contributed by atoms with Gasteiger partial charge in [0.1, 0.15) is 6.10 Å². The van der Waals surface area contributed by atoms with Crippen LogP contribution in [0.25, 0.3) is 0 Å². The molecule has 1 aromatic rings. The highest BCUT2D eigenvalue weighted by atomic mass is 16.6. The predicted molar refractivity (Wildman–Crippen MR) is 95.8 cm³/mol. The molecule has 2 heterocycles. The molecule has 2 aliphatic carbocycles. The summed E-state index contributed by atoms with van der Waals surface area (Å²) in [6, 6.07) is 0. The van der Waals surface area contributed by atoms with Crippen molar-refractivity contribution >= 4 is 5.97 Å². The number of imidazole rings is 1. The summed E-state index contributed by atoms with van der Waals surface area (Å²) in [5.41, 5.74) is 2.79. The van der Waals surface area contributed by atoms with E-state index in [9.17, 15) is 4.79 Å². The van der Waals surface area contributed by atoms with Gasteiger partial charge in [-0.1, -0.05) is 19.1 Å². The standard InChI is InChI=1S/C20H29N3O2/c1-13-4-3-6-20(2)9-18-15(8-17(13)20)16(19(24)25-18)11-21-7-5-14-10-22-12-23-14/h10,12,15-18,21H,1,3-9,11H2,2H3,(H,22,23)/t15-,16+,17-,18-,20-/m1/s1. The van der Waals surface area contributed by atoms with E-state index in [1.165, 1.54) is 18.4 Å². The van der Waals surface area contributed by atoms with E-state index < -0.39 is 0 Å². The maximum absolute atomic E-state index is 12.5. The molecule has 5 heteroatoms. The van der Waals surface area contributed by atoms with Crippen LogP contribution in [0.4, 0.5) is 0 Å². The van der Waals surface area contributed by atoms with Crippen LogP contribution in [0.3, 0.4) is 0 Å². The van der Waals surface area contributed by atoms with Gasteiger partial charge >= 0.3 is 5.97 Å². The number of esters is 1. The second-order valence-corrected chi connectivity index (χ2v) is 8.43. The zero-order chi connectivity index (χ0) is 17.4. The number of ether oxygens (including phenoxy) is 1. The number of H-pyrrole nitrogens is 1. The lowest BCUT2D eigenvalue weighted by molar-refractivity contribution is -0.146. The molecule has 0 spiro atoms. The Hall–Kier alpha value is -1.62. The van der Waals surface area contributed by atoms with Crippen molar-refractivity contribution in [2.24, 2.45) is 23.2 Å². The molecule has 1 aromatic heterocycles. The smallest absolute Gasteiger partial charge is 0.310 e. The summed E-state index contributed by atoms with van der Waals surface area (Å²) in [6.07, 6.45) is 10.3. The monoisotopic (exact) mass is 343 g/mol. The van der Waals surface area contributed by atoms with Crippen LogP contribution in [0.15, 0.2) is 24.7 Å². The van der Waals surface area contributed by atoms with E-state index in [1.54, 1.807) is 6.33 Å². The quantitative estimate of drug-likeness (QED) is 0.490. The molecular weight excluding hydrogens is 314 g/mol. The second kappa shape index (κ2) is 6.60. The number of aromatic nitrogens is 2. The molecule has 5 nitrogen and oxygen atoms in total. The molecule has 5 atom stereocenters. The number of nitrogens with one attached hydrogen (secondary N) is 2. The third-order valence-corrected chi connectivity index (χ3v) is 6.81. The number of fused-ring (bicyclic) bond motifs is 2. The molecule has 136 valence electrons. The minimum absolute atomic E-state index is 0.00287. The van der Waals surface area contributed by atoms with E-state index >= 15 is 0 Å². The summed E-state index contributed by atoms with van der Waals surface area (Å²) >= 11 is 0. The summed E-state index contributed by atoms with van der Waals surface area (Å²) in [7, 11) is 0. The number of carbonyl (C=O) groups is 1. The summed E-state index contributed by atoms with van der Waals surface area (Å²) in [5.74, 6) is 0.896. The highest BCUT2D eigenvalue weighted by Gasteiger charge is 2.54. The van der Waals surface area contributed by atoms with Gasteiger partial charge in [-0.3, -0.25) is 4.79 Å². The van der Waals surface area contributed by atoms with Crippen LogP contribution in [0, 0.1) is 23.2 Å². The van der Waals surface area contributed by atoms with Crippen molar-refractivity contribution in [3.05, 3.63) is 30.4 Å². The van der Waals surface area contributed by atoms with Crippen LogP contribution >= 0.6 is 0 Å². The van der Waals surface area contributed by atoms with Crippen molar-refractivity contribution in [1.82, 2.24) is 15.3 Å². The lowest BCUT2D eigenvalue weighted by Crippen LogP contribution is -2.45. The normalized spacial score (nSPS) is 37.5. The molecule has 0 radical (unpaired) electrons. The van der Waals surface area contributed by atoms with E-state index in [0.29, 0.717) is 18.4 Å². The SMILES string of the molecule is C=C1CCC[C@]2(C)C[C@H]3OC(=O)[C@@H](CNCCc4cnc[nH]4)[C@H]3C[C@H]12. The minimum Gasteiger partial charge on any atom is -0.462 e. The van der Waals surface area contributed by atoms with Gasteiger partial charge in [0.05, 0.1) is 12.2 Å². The molecule has 0 aromatic carbocycles. The molecule has 0 bridgehead atoms. The topological polar surface area (TPSA) is 67.0 Å². The van der Waals surface area contributed by atoms with E-state index in [0.717, 1.165) is 37.9 Å². The van der Waals surface area contributed by atoms with Gasteiger partial charge in [0, 0.05) is 37.3 Å². The first-order chi connectivity index (χ1) is 12.1. The lowest BCUT2D eigenvalue weighted by Gasteiger charge is -2.50. The number of carbonyl (C=O) groups excluding carboxylic acids is 1. The maximum Gasteiger partial charge on any atom is 0.310 e. The average molecular weight is 343 g/mol. The summed E-state index contributed by atoms with van der Waals surface area (Å²) in [4.78, 5) is 19.6. The third-order valence-electron chi connectivity index (χ3n) is 6.81. The Bertz CT molecular complexity index is 641. The highest BCUT2D eigenvalue weighted by molar-refractivity contribution is 5.75. The van der Waals surface area contributed by atoms with Gasteiger partial charge in [-0.2, -0.15) is 0 Å². The van der Waals surface area contributed by atoms with Crippen molar-refractivity contribution < 1.29 is 9.53 Å². The van der Waals surface area contributed by atoms with Crippen molar-refractivity contribution in [2.45, 2.75) is 51.6 Å². The molecule has 0 amide bonds. The molecule has 4 rings (SSSR count).